The first-order valence-electron chi connectivity index (χ1n) is 14.2. The number of aliphatic imine (C=N–C) groups is 1. The zero-order valence-electron chi connectivity index (χ0n) is 24.7. The molecule has 39 heavy (non-hydrogen) atoms. The van der Waals surface area contributed by atoms with Crippen molar-refractivity contribution in [1.29, 1.82) is 0 Å². The normalized spacial score (nSPS) is 17.3. The van der Waals surface area contributed by atoms with Crippen LogP contribution in [0.2, 0.25) is 0 Å². The molecule has 0 radical (unpaired) electrons. The predicted molar refractivity (Wildman–Crippen MR) is 158 cm³/mol. The van der Waals surface area contributed by atoms with Gasteiger partial charge in [0.1, 0.15) is 5.66 Å². The highest BCUT2D eigenvalue weighted by molar-refractivity contribution is 6.12. The Morgan fingerprint density at radius 2 is 1.85 bits per heavy atom. The predicted octanol–water partition coefficient (Wildman–Crippen LogP) is 5.21. The summed E-state index contributed by atoms with van der Waals surface area (Å²) in [4.78, 5) is 44.5. The lowest BCUT2D eigenvalue weighted by Gasteiger charge is -2.39. The van der Waals surface area contributed by atoms with E-state index in [1.807, 2.05) is 6.08 Å². The zero-order valence-corrected chi connectivity index (χ0v) is 24.7. The number of nitrogens with zero attached hydrogens (tertiary/aromatic N) is 2. The number of carbonyl (C=O) groups excluding carboxylic acids is 3. The summed E-state index contributed by atoms with van der Waals surface area (Å²) in [6, 6.07) is 6.58. The minimum atomic E-state index is -0.580. The van der Waals surface area contributed by atoms with Crippen LogP contribution < -0.4 is 5.32 Å². The highest BCUT2D eigenvalue weighted by Crippen LogP contribution is 2.28. The average Bonchev–Trinajstić information content (AvgIpc) is 3.04. The number of ketones is 1. The molecule has 1 aromatic rings. The van der Waals surface area contributed by atoms with Crippen molar-refractivity contribution >= 4 is 23.4 Å². The van der Waals surface area contributed by atoms with Crippen LogP contribution >= 0.6 is 0 Å². The Hall–Kier alpha value is -3.06. The molecule has 2 atom stereocenters. The number of benzene rings is 1. The van der Waals surface area contributed by atoms with Gasteiger partial charge in [0.15, 0.2) is 5.78 Å². The quantitative estimate of drug-likeness (QED) is 0.260. The van der Waals surface area contributed by atoms with Crippen molar-refractivity contribution < 1.29 is 19.1 Å². The van der Waals surface area contributed by atoms with Gasteiger partial charge < -0.3 is 10.1 Å². The molecule has 1 N–H and O–H groups in total. The maximum Gasteiger partial charge on any atom is 0.307 e. The number of rotatable bonds is 14. The van der Waals surface area contributed by atoms with Gasteiger partial charge in [-0.2, -0.15) is 0 Å². The number of ether oxygens (including phenoxy) is 1. The monoisotopic (exact) mass is 537 g/mol. The third kappa shape index (κ3) is 9.57. The molecular formula is C32H47N3O4. The number of methoxy groups -OCH3 is 1. The fourth-order valence-corrected chi connectivity index (χ4v) is 4.95. The molecule has 0 saturated carbocycles. The topological polar surface area (TPSA) is 88.1 Å². The van der Waals surface area contributed by atoms with Gasteiger partial charge in [-0.25, -0.2) is 0 Å². The number of Topliss-reactive ketones (excluding diaryl/α,β-unsaturated/α-hetero) is 1. The molecule has 1 aromatic carbocycles. The number of hydrogen-bond acceptors (Lipinski definition) is 6. The van der Waals surface area contributed by atoms with Crippen LogP contribution in [0, 0.1) is 5.92 Å². The summed E-state index contributed by atoms with van der Waals surface area (Å²) < 4.78 is 4.62. The van der Waals surface area contributed by atoms with Crippen molar-refractivity contribution in [2.45, 2.75) is 91.3 Å². The molecule has 1 heterocycles. The molecule has 1 aliphatic heterocycles. The summed E-state index contributed by atoms with van der Waals surface area (Å²) in [7, 11) is 1.32. The lowest BCUT2D eigenvalue weighted by atomic mass is 9.97. The maximum absolute atomic E-state index is 13.2. The lowest BCUT2D eigenvalue weighted by Crippen LogP contribution is -2.49. The van der Waals surface area contributed by atoms with Crippen LogP contribution in [0.4, 0.5) is 0 Å². The molecule has 0 fully saturated rings. The van der Waals surface area contributed by atoms with E-state index in [0.29, 0.717) is 19.4 Å². The Morgan fingerprint density at radius 3 is 2.41 bits per heavy atom. The summed E-state index contributed by atoms with van der Waals surface area (Å²) in [5.74, 6) is -0.797. The Balaban J connectivity index is 2.24. The number of amides is 1. The Bertz CT molecular complexity index is 1050. The molecule has 2 unspecified atom stereocenters. The highest BCUT2D eigenvalue weighted by atomic mass is 16.5. The van der Waals surface area contributed by atoms with Crippen molar-refractivity contribution in [3.8, 4) is 0 Å². The zero-order chi connectivity index (χ0) is 29.0. The van der Waals surface area contributed by atoms with E-state index in [1.165, 1.54) is 18.2 Å². The number of carbonyl (C=O) groups is 3. The van der Waals surface area contributed by atoms with Gasteiger partial charge in [-0.3, -0.25) is 24.3 Å². The molecular weight excluding hydrogens is 490 g/mol. The van der Waals surface area contributed by atoms with Gasteiger partial charge in [-0.05, 0) is 68.4 Å². The van der Waals surface area contributed by atoms with Gasteiger partial charge >= 0.3 is 5.97 Å². The average molecular weight is 538 g/mol. The van der Waals surface area contributed by atoms with Crippen molar-refractivity contribution in [3.63, 3.8) is 0 Å². The summed E-state index contributed by atoms with van der Waals surface area (Å²) >= 11 is 0. The minimum absolute atomic E-state index is 0.00178. The van der Waals surface area contributed by atoms with Crippen molar-refractivity contribution in [3.05, 3.63) is 59.7 Å². The second kappa shape index (κ2) is 15.5. The number of aryl methyl sites for hydroxylation is 2. The highest BCUT2D eigenvalue weighted by Gasteiger charge is 2.36. The fourth-order valence-electron chi connectivity index (χ4n) is 4.95. The molecule has 7 heteroatoms. The minimum Gasteiger partial charge on any atom is -0.469 e. The lowest BCUT2D eigenvalue weighted by molar-refractivity contribution is -0.140. The molecule has 1 amide bonds. The van der Waals surface area contributed by atoms with E-state index < -0.39 is 11.6 Å². The van der Waals surface area contributed by atoms with Crippen LogP contribution in [0.3, 0.4) is 0 Å². The molecule has 0 spiro atoms. The standard InChI is InChI=1S/C32H47N3O4/c1-8-13-27(15-12-14-25(11-4)31(38)33-17-16-30(37)39-7)35-22-28(36)21-29(34-32(35,5)6)26-19-23(9-2)18-24(10-3)20-26/h11-12,15,18-20,25,27H,4,8-10,13-14,16-17,21-22H2,1-3,5-7H3,(H,33,38)/b15-12+. The van der Waals surface area contributed by atoms with Crippen LogP contribution in [0.1, 0.15) is 83.4 Å². The Labute approximate surface area is 234 Å². The van der Waals surface area contributed by atoms with E-state index in [9.17, 15) is 14.4 Å². The van der Waals surface area contributed by atoms with E-state index >= 15 is 0 Å². The van der Waals surface area contributed by atoms with Gasteiger partial charge in [0.05, 0.1) is 38.1 Å². The molecule has 0 saturated heterocycles. The summed E-state index contributed by atoms with van der Waals surface area (Å²) in [6.45, 7) is 14.9. The number of esters is 1. The molecule has 7 nitrogen and oxygen atoms in total. The van der Waals surface area contributed by atoms with E-state index in [0.717, 1.165) is 37.0 Å². The smallest absolute Gasteiger partial charge is 0.307 e. The number of hydrogen-bond donors (Lipinski definition) is 1. The second-order valence-electron chi connectivity index (χ2n) is 10.6. The molecule has 214 valence electrons. The third-order valence-electron chi connectivity index (χ3n) is 7.24. The largest absolute Gasteiger partial charge is 0.469 e. The maximum atomic E-state index is 13.2. The van der Waals surface area contributed by atoms with Gasteiger partial charge in [0.2, 0.25) is 5.91 Å². The van der Waals surface area contributed by atoms with Gasteiger partial charge in [-0.15, -0.1) is 6.58 Å². The third-order valence-corrected chi connectivity index (χ3v) is 7.24. The molecule has 0 bridgehead atoms. The Morgan fingerprint density at radius 1 is 1.18 bits per heavy atom. The van der Waals surface area contributed by atoms with Gasteiger partial charge in [0, 0.05) is 12.6 Å². The van der Waals surface area contributed by atoms with E-state index in [1.54, 1.807) is 6.08 Å². The van der Waals surface area contributed by atoms with Crippen LogP contribution in [0.5, 0.6) is 0 Å². The number of nitrogens with one attached hydrogen (secondary N) is 1. The van der Waals surface area contributed by atoms with Gasteiger partial charge in [-0.1, -0.05) is 51.5 Å². The van der Waals surface area contributed by atoms with Crippen molar-refractivity contribution in [2.75, 3.05) is 20.2 Å². The van der Waals surface area contributed by atoms with E-state index in [-0.39, 0.29) is 36.7 Å². The van der Waals surface area contributed by atoms with E-state index in [4.69, 9.17) is 4.99 Å². The second-order valence-corrected chi connectivity index (χ2v) is 10.6. The molecule has 2 rings (SSSR count). The van der Waals surface area contributed by atoms with Crippen LogP contribution in [0.15, 0.2) is 48.0 Å². The molecule has 0 aromatic heterocycles. The SMILES string of the molecule is C=CC(C/C=C/C(CCC)N1CC(=O)CC(c2cc(CC)cc(CC)c2)=NC1(C)C)C(=O)NCCC(=O)OC. The number of allylic oxidation sites excluding steroid dienone is 1. The fraction of sp³-hybridized carbons (Fsp3) is 0.562. The van der Waals surface area contributed by atoms with Gasteiger partial charge in [0.25, 0.3) is 0 Å². The summed E-state index contributed by atoms with van der Waals surface area (Å²) in [6.07, 6.45) is 10.4. The van der Waals surface area contributed by atoms with Crippen LogP contribution in [-0.2, 0) is 32.0 Å². The Kier molecular flexibility index (Phi) is 12.8. The molecule has 0 aliphatic carbocycles. The van der Waals surface area contributed by atoms with E-state index in [2.05, 4.69) is 80.4 Å². The van der Waals surface area contributed by atoms with Crippen molar-refractivity contribution in [1.82, 2.24) is 10.2 Å². The molecule has 1 aliphatic rings. The summed E-state index contributed by atoms with van der Waals surface area (Å²) in [5, 5.41) is 2.77. The van der Waals surface area contributed by atoms with Crippen molar-refractivity contribution in [2.24, 2.45) is 10.9 Å². The van der Waals surface area contributed by atoms with Crippen LogP contribution in [-0.4, -0.2) is 60.2 Å². The first-order valence-corrected chi connectivity index (χ1v) is 14.2. The summed E-state index contributed by atoms with van der Waals surface area (Å²) in [5.41, 5.74) is 3.84. The van der Waals surface area contributed by atoms with Crippen LogP contribution in [0.25, 0.3) is 0 Å². The first-order chi connectivity index (χ1) is 18.6. The first kappa shape index (κ1) is 32.2.